The van der Waals surface area contributed by atoms with Gasteiger partial charge in [-0.1, -0.05) is 42.5 Å². The van der Waals surface area contributed by atoms with Crippen LogP contribution < -0.4 is 16.3 Å². The monoisotopic (exact) mass is 961 g/mol. The van der Waals surface area contributed by atoms with Crippen LogP contribution in [0.15, 0.2) is 96.3 Å². The molecule has 0 saturated carbocycles. The standard InChI is InChI=1S/C50H50F3N9O8/c1-58-30-55-57-42(58)22-49(28-69-29-49)34-4-2-5-35(21-34)60-26-41-38(50(51,52)53)20-33(25-61(41)48(60)67)24-59-16-14-36(15-17-59)70-19-18-68-27-32-10-8-31(9-11-32)23-54-39-7-3-6-37-44(39)47(66)62(46(37)65)40-12-13-43(63)56-45(40)64/h2-11,20-21,25-26,30,36,40,54H,12-19,22-24,27-29H2,1H3,(H,56,63,64). The van der Waals surface area contributed by atoms with E-state index in [0.717, 1.165) is 37.9 Å². The number of imidazole rings is 1. The summed E-state index contributed by atoms with van der Waals surface area (Å²) in [5.41, 5.74) is 2.36. The molecule has 20 heteroatoms. The minimum absolute atomic E-state index is 0.0296. The number of fused-ring (bicyclic) bond motifs is 2. The first-order valence-electron chi connectivity index (χ1n) is 23.2. The normalized spacial score (nSPS) is 18.6. The highest BCUT2D eigenvalue weighted by molar-refractivity contribution is 6.25. The Morgan fingerprint density at radius 3 is 2.37 bits per heavy atom. The van der Waals surface area contributed by atoms with Crippen LogP contribution in [0.2, 0.25) is 0 Å². The number of carbonyl (C=O) groups excluding carboxylic acids is 4. The van der Waals surface area contributed by atoms with Gasteiger partial charge in [0, 0.05) is 69.6 Å². The summed E-state index contributed by atoms with van der Waals surface area (Å²) in [6, 6.07) is 20.1. The fourth-order valence-electron chi connectivity index (χ4n) is 9.79. The van der Waals surface area contributed by atoms with Crippen molar-refractivity contribution in [2.24, 2.45) is 7.05 Å². The molecule has 3 fully saturated rings. The van der Waals surface area contributed by atoms with Gasteiger partial charge in [-0.3, -0.25) is 43.3 Å². The molecule has 3 saturated heterocycles. The smallest absolute Gasteiger partial charge is 0.380 e. The third-order valence-corrected chi connectivity index (χ3v) is 13.7. The van der Waals surface area contributed by atoms with Gasteiger partial charge < -0.3 is 24.1 Å². The van der Waals surface area contributed by atoms with E-state index in [-0.39, 0.29) is 42.1 Å². The summed E-state index contributed by atoms with van der Waals surface area (Å²) in [5.74, 6) is -1.46. The molecule has 3 aromatic heterocycles. The number of rotatable bonds is 16. The van der Waals surface area contributed by atoms with Gasteiger partial charge in [0.2, 0.25) is 11.8 Å². The Morgan fingerprint density at radius 1 is 0.886 bits per heavy atom. The highest BCUT2D eigenvalue weighted by atomic mass is 19.4. The minimum Gasteiger partial charge on any atom is -0.380 e. The summed E-state index contributed by atoms with van der Waals surface area (Å²) in [6.45, 7) is 3.79. The second-order valence-corrected chi connectivity index (χ2v) is 18.4. The van der Waals surface area contributed by atoms with Crippen molar-refractivity contribution in [3.05, 3.63) is 147 Å². The lowest BCUT2D eigenvalue weighted by molar-refractivity contribution is -0.137. The number of ether oxygens (including phenoxy) is 3. The van der Waals surface area contributed by atoms with E-state index in [0.29, 0.717) is 88.9 Å². The van der Waals surface area contributed by atoms with E-state index in [1.165, 1.54) is 17.0 Å². The highest BCUT2D eigenvalue weighted by Gasteiger charge is 2.46. The number of amides is 4. The summed E-state index contributed by atoms with van der Waals surface area (Å²) >= 11 is 0. The van der Waals surface area contributed by atoms with Crippen LogP contribution in [-0.2, 0) is 68.6 Å². The molecule has 0 radical (unpaired) electrons. The molecule has 0 bridgehead atoms. The van der Waals surface area contributed by atoms with Gasteiger partial charge in [0.05, 0.1) is 67.0 Å². The maximum absolute atomic E-state index is 14.6. The highest BCUT2D eigenvalue weighted by Crippen LogP contribution is 2.38. The molecule has 4 aliphatic rings. The van der Waals surface area contributed by atoms with E-state index in [2.05, 4.69) is 25.7 Å². The molecule has 17 nitrogen and oxygen atoms in total. The van der Waals surface area contributed by atoms with E-state index < -0.39 is 52.5 Å². The maximum Gasteiger partial charge on any atom is 0.418 e. The van der Waals surface area contributed by atoms with Crippen LogP contribution in [0.5, 0.6) is 0 Å². The average molecular weight is 962 g/mol. The number of nitrogens with one attached hydrogen (secondary N) is 2. The molecule has 70 heavy (non-hydrogen) atoms. The molecule has 6 aromatic rings. The average Bonchev–Trinajstić information content (AvgIpc) is 3.98. The molecule has 4 aliphatic heterocycles. The van der Waals surface area contributed by atoms with Crippen molar-refractivity contribution in [3.63, 3.8) is 0 Å². The second kappa shape index (κ2) is 19.1. The Balaban J connectivity index is 0.691. The lowest BCUT2D eigenvalue weighted by atomic mass is 9.75. The molecular weight excluding hydrogens is 912 g/mol. The predicted molar refractivity (Wildman–Crippen MR) is 246 cm³/mol. The van der Waals surface area contributed by atoms with Gasteiger partial charge in [-0.05, 0) is 71.8 Å². The number of aromatic nitrogens is 5. The van der Waals surface area contributed by atoms with Gasteiger partial charge in [0.15, 0.2) is 0 Å². The van der Waals surface area contributed by atoms with Gasteiger partial charge >= 0.3 is 11.9 Å². The Kier molecular flexibility index (Phi) is 12.7. The van der Waals surface area contributed by atoms with Crippen LogP contribution in [0.25, 0.3) is 11.2 Å². The Hall–Kier alpha value is -7.00. The number of likely N-dealkylation sites (tertiary alicyclic amines) is 1. The first kappa shape index (κ1) is 46.7. The third kappa shape index (κ3) is 9.26. The van der Waals surface area contributed by atoms with Crippen molar-refractivity contribution in [1.82, 2.24) is 38.8 Å². The van der Waals surface area contributed by atoms with Crippen molar-refractivity contribution in [2.45, 2.75) is 75.5 Å². The largest absolute Gasteiger partial charge is 0.418 e. The second-order valence-electron chi connectivity index (χ2n) is 18.4. The fourth-order valence-corrected chi connectivity index (χ4v) is 9.79. The number of hydrogen-bond acceptors (Lipinski definition) is 12. The molecule has 4 amide bonds. The topological polar surface area (TPSA) is 184 Å². The van der Waals surface area contributed by atoms with Gasteiger partial charge in [-0.25, -0.2) is 4.79 Å². The number of benzene rings is 3. The third-order valence-electron chi connectivity index (χ3n) is 13.7. The SMILES string of the molecule is Cn1cnnc1CC1(c2cccc(-n3cc4c(C(F)(F)F)cc(CN5CCC(OCCOCc6ccc(CNc7cccc8c7C(=O)N(C7CCC(=O)NC7=O)C8=O)cc6)CC5)cn4c3=O)c2)COC1. The molecule has 2 N–H and O–H groups in total. The molecule has 364 valence electrons. The van der Waals surface area contributed by atoms with Crippen molar-refractivity contribution in [2.75, 3.05) is 44.8 Å². The number of carbonyl (C=O) groups is 4. The number of piperidine rings is 2. The zero-order valence-electron chi connectivity index (χ0n) is 38.2. The van der Waals surface area contributed by atoms with Crippen molar-refractivity contribution in [3.8, 4) is 5.69 Å². The van der Waals surface area contributed by atoms with Crippen LogP contribution in [0.4, 0.5) is 18.9 Å². The van der Waals surface area contributed by atoms with Crippen LogP contribution >= 0.6 is 0 Å². The van der Waals surface area contributed by atoms with Crippen molar-refractivity contribution >= 4 is 34.8 Å². The molecule has 0 spiro atoms. The Morgan fingerprint density at radius 2 is 1.66 bits per heavy atom. The minimum atomic E-state index is -4.69. The summed E-state index contributed by atoms with van der Waals surface area (Å²) in [7, 11) is 1.86. The Bertz CT molecular complexity index is 3040. The number of halogens is 3. The van der Waals surface area contributed by atoms with Crippen LogP contribution in [-0.4, -0.2) is 109 Å². The van der Waals surface area contributed by atoms with Crippen molar-refractivity contribution in [1.29, 1.82) is 0 Å². The van der Waals surface area contributed by atoms with E-state index in [4.69, 9.17) is 14.2 Å². The maximum atomic E-state index is 14.6. The number of anilines is 1. The van der Waals surface area contributed by atoms with E-state index in [1.807, 2.05) is 48.0 Å². The molecule has 10 rings (SSSR count). The van der Waals surface area contributed by atoms with Gasteiger partial charge in [0.25, 0.3) is 11.8 Å². The molecule has 0 aliphatic carbocycles. The van der Waals surface area contributed by atoms with Gasteiger partial charge in [-0.2, -0.15) is 13.2 Å². The number of aryl methyl sites for hydroxylation is 1. The van der Waals surface area contributed by atoms with E-state index >= 15 is 0 Å². The molecular formula is C50H50F3N9O8. The fraction of sp³-hybridized carbons (Fsp3) is 0.380. The first-order chi connectivity index (χ1) is 33.7. The Labute approximate surface area is 399 Å². The number of hydrogen-bond donors (Lipinski definition) is 2. The molecule has 1 atom stereocenters. The molecule has 1 unspecified atom stereocenters. The quantitative estimate of drug-likeness (QED) is 0.0985. The predicted octanol–water partition coefficient (Wildman–Crippen LogP) is 4.96. The summed E-state index contributed by atoms with van der Waals surface area (Å²) in [5, 5.41) is 13.7. The van der Waals surface area contributed by atoms with Gasteiger partial charge in [0.1, 0.15) is 18.2 Å². The van der Waals surface area contributed by atoms with E-state index in [1.54, 1.807) is 36.7 Å². The lowest BCUT2D eigenvalue weighted by Crippen LogP contribution is -2.54. The summed E-state index contributed by atoms with van der Waals surface area (Å²) in [6.07, 6.45) is 1.73. The van der Waals surface area contributed by atoms with Crippen LogP contribution in [0.3, 0.4) is 0 Å². The van der Waals surface area contributed by atoms with Crippen LogP contribution in [0.1, 0.15) is 80.0 Å². The number of nitrogens with zero attached hydrogens (tertiary/aromatic N) is 7. The zero-order chi connectivity index (χ0) is 48.7. The number of imide groups is 2. The lowest BCUT2D eigenvalue weighted by Gasteiger charge is -2.41. The van der Waals surface area contributed by atoms with Gasteiger partial charge in [-0.15, -0.1) is 10.2 Å². The zero-order valence-corrected chi connectivity index (χ0v) is 38.2. The first-order valence-corrected chi connectivity index (χ1v) is 23.2. The summed E-state index contributed by atoms with van der Waals surface area (Å²) in [4.78, 5) is 67.6. The number of alkyl halides is 3. The van der Waals surface area contributed by atoms with Crippen molar-refractivity contribution < 1.29 is 46.6 Å². The van der Waals surface area contributed by atoms with E-state index in [9.17, 15) is 37.1 Å². The molecule has 7 heterocycles. The summed E-state index contributed by atoms with van der Waals surface area (Å²) < 4.78 is 65.7. The molecule has 3 aromatic carbocycles. The number of pyridine rings is 1. The van der Waals surface area contributed by atoms with Crippen LogP contribution in [0, 0.1) is 0 Å².